The van der Waals surface area contributed by atoms with Crippen molar-refractivity contribution in [2.24, 2.45) is 5.92 Å². The lowest BCUT2D eigenvalue weighted by molar-refractivity contribution is 0.0464. The van der Waals surface area contributed by atoms with Gasteiger partial charge in [-0.15, -0.1) is 11.3 Å². The molecule has 3 heterocycles. The number of thiophene rings is 1. The quantitative estimate of drug-likeness (QED) is 0.766. The van der Waals surface area contributed by atoms with E-state index in [1.54, 1.807) is 0 Å². The van der Waals surface area contributed by atoms with Gasteiger partial charge in [-0.1, -0.05) is 13.8 Å². The molecular formula is C19H27N3O3S. The number of ether oxygens (including phenoxy) is 1. The molecule has 1 aliphatic heterocycles. The minimum atomic E-state index is -0.359. The van der Waals surface area contributed by atoms with Crippen molar-refractivity contribution in [3.05, 3.63) is 26.6 Å². The van der Waals surface area contributed by atoms with E-state index < -0.39 is 0 Å². The second kappa shape index (κ2) is 7.48. The van der Waals surface area contributed by atoms with Crippen LogP contribution in [0.1, 0.15) is 53.8 Å². The molecule has 0 atom stereocenters. The van der Waals surface area contributed by atoms with Gasteiger partial charge in [0.1, 0.15) is 15.5 Å². The maximum Gasteiger partial charge on any atom is 0.348 e. The summed E-state index contributed by atoms with van der Waals surface area (Å²) in [6, 6.07) is 0.172. The highest BCUT2D eigenvalue weighted by atomic mass is 32.1. The number of fused-ring (bicyclic) bond motifs is 1. The Morgan fingerprint density at radius 2 is 1.96 bits per heavy atom. The van der Waals surface area contributed by atoms with Gasteiger partial charge in [-0.25, -0.2) is 9.78 Å². The van der Waals surface area contributed by atoms with Gasteiger partial charge < -0.3 is 9.64 Å². The highest BCUT2D eigenvalue weighted by Crippen LogP contribution is 2.30. The number of esters is 1. The van der Waals surface area contributed by atoms with Gasteiger partial charge in [0.05, 0.1) is 12.0 Å². The number of nitrogens with zero attached hydrogens (tertiary/aromatic N) is 3. The van der Waals surface area contributed by atoms with Gasteiger partial charge in [-0.3, -0.25) is 9.36 Å². The second-order valence-corrected chi connectivity index (χ2v) is 8.60. The summed E-state index contributed by atoms with van der Waals surface area (Å²) in [6.07, 6.45) is 1.88. The molecule has 1 fully saturated rings. The zero-order chi connectivity index (χ0) is 19.0. The molecule has 3 rings (SSSR count). The Morgan fingerprint density at radius 3 is 2.58 bits per heavy atom. The van der Waals surface area contributed by atoms with Gasteiger partial charge in [0.2, 0.25) is 0 Å². The zero-order valence-electron chi connectivity index (χ0n) is 16.2. The Morgan fingerprint density at radius 1 is 1.31 bits per heavy atom. The summed E-state index contributed by atoms with van der Waals surface area (Å²) >= 11 is 1.26. The van der Waals surface area contributed by atoms with Crippen molar-refractivity contribution in [3.8, 4) is 0 Å². The first-order chi connectivity index (χ1) is 12.3. The summed E-state index contributed by atoms with van der Waals surface area (Å²) in [4.78, 5) is 33.7. The zero-order valence-corrected chi connectivity index (χ0v) is 17.0. The van der Waals surface area contributed by atoms with E-state index in [9.17, 15) is 9.59 Å². The van der Waals surface area contributed by atoms with Gasteiger partial charge in [-0.05, 0) is 58.3 Å². The maximum absolute atomic E-state index is 13.2. The van der Waals surface area contributed by atoms with E-state index in [2.05, 4.69) is 16.9 Å². The van der Waals surface area contributed by atoms with Gasteiger partial charge in [-0.2, -0.15) is 0 Å². The molecule has 7 heteroatoms. The molecule has 0 saturated carbocycles. The van der Waals surface area contributed by atoms with Crippen molar-refractivity contribution in [2.45, 2.75) is 46.6 Å². The summed E-state index contributed by atoms with van der Waals surface area (Å²) in [5, 5.41) is 0.566. The Balaban J connectivity index is 2.02. The van der Waals surface area contributed by atoms with Crippen molar-refractivity contribution in [1.29, 1.82) is 0 Å². The Kier molecular flexibility index (Phi) is 5.48. The van der Waals surface area contributed by atoms with Crippen molar-refractivity contribution in [1.82, 2.24) is 14.5 Å². The normalized spacial score (nSPS) is 16.5. The van der Waals surface area contributed by atoms with Crippen LogP contribution in [0.3, 0.4) is 0 Å². The van der Waals surface area contributed by atoms with Gasteiger partial charge in [0, 0.05) is 6.04 Å². The van der Waals surface area contributed by atoms with E-state index in [0.29, 0.717) is 27.3 Å². The van der Waals surface area contributed by atoms with Crippen LogP contribution in [0.4, 0.5) is 0 Å². The molecule has 2 aromatic heterocycles. The van der Waals surface area contributed by atoms with Crippen molar-refractivity contribution in [3.63, 3.8) is 0 Å². The van der Waals surface area contributed by atoms with E-state index in [4.69, 9.17) is 4.74 Å². The number of hydrogen-bond acceptors (Lipinski definition) is 6. The molecule has 6 nitrogen and oxygen atoms in total. The number of rotatable bonds is 4. The summed E-state index contributed by atoms with van der Waals surface area (Å²) in [7, 11) is 2.10. The van der Waals surface area contributed by atoms with Crippen LogP contribution in [-0.2, 0) is 4.74 Å². The molecule has 0 radical (unpaired) electrons. The number of aromatic nitrogens is 2. The van der Waals surface area contributed by atoms with Gasteiger partial charge >= 0.3 is 5.97 Å². The number of carbonyl (C=O) groups is 1. The number of carbonyl (C=O) groups excluding carboxylic acids is 1. The fraction of sp³-hybridized carbons (Fsp3) is 0.632. The third-order valence-corrected chi connectivity index (χ3v) is 6.12. The van der Waals surface area contributed by atoms with Crippen LogP contribution in [0.15, 0.2) is 4.79 Å². The molecular weight excluding hydrogens is 350 g/mol. The van der Waals surface area contributed by atoms with Crippen LogP contribution in [0.2, 0.25) is 0 Å². The molecule has 2 aromatic rings. The van der Waals surface area contributed by atoms with Crippen molar-refractivity contribution in [2.75, 3.05) is 26.7 Å². The van der Waals surface area contributed by atoms with Crippen LogP contribution in [0.25, 0.3) is 10.2 Å². The van der Waals surface area contributed by atoms with E-state index in [1.165, 1.54) is 11.3 Å². The summed E-state index contributed by atoms with van der Waals surface area (Å²) < 4.78 is 7.19. The minimum Gasteiger partial charge on any atom is -0.461 e. The Hall–Kier alpha value is -1.73. The molecule has 26 heavy (non-hydrogen) atoms. The highest BCUT2D eigenvalue weighted by Gasteiger charge is 2.26. The molecule has 0 aliphatic carbocycles. The maximum atomic E-state index is 13.2. The number of likely N-dealkylation sites (tertiary alicyclic amines) is 1. The molecule has 142 valence electrons. The van der Waals surface area contributed by atoms with Crippen molar-refractivity contribution < 1.29 is 9.53 Å². The Bertz CT molecular complexity index is 876. The summed E-state index contributed by atoms with van der Waals surface area (Å²) in [6.45, 7) is 10.0. The second-order valence-electron chi connectivity index (χ2n) is 7.60. The fourth-order valence-electron chi connectivity index (χ4n) is 3.48. The van der Waals surface area contributed by atoms with Crippen LogP contribution in [0, 0.1) is 19.8 Å². The smallest absolute Gasteiger partial charge is 0.348 e. The largest absolute Gasteiger partial charge is 0.461 e. The van der Waals surface area contributed by atoms with E-state index in [0.717, 1.165) is 31.8 Å². The molecule has 0 spiro atoms. The lowest BCUT2D eigenvalue weighted by Gasteiger charge is -2.30. The molecule has 0 unspecified atom stereocenters. The predicted octanol–water partition coefficient (Wildman–Crippen LogP) is 3.15. The highest BCUT2D eigenvalue weighted by molar-refractivity contribution is 7.20. The predicted molar refractivity (Wildman–Crippen MR) is 104 cm³/mol. The van der Waals surface area contributed by atoms with Crippen LogP contribution in [-0.4, -0.2) is 47.2 Å². The topological polar surface area (TPSA) is 64.4 Å². The first kappa shape index (κ1) is 19.0. The Labute approximate surface area is 157 Å². The summed E-state index contributed by atoms with van der Waals surface area (Å²) in [5.41, 5.74) is 0.664. The monoisotopic (exact) mass is 377 g/mol. The van der Waals surface area contributed by atoms with Crippen LogP contribution >= 0.6 is 11.3 Å². The van der Waals surface area contributed by atoms with E-state index in [-0.39, 0.29) is 23.5 Å². The molecule has 1 saturated heterocycles. The van der Waals surface area contributed by atoms with Gasteiger partial charge in [0.25, 0.3) is 5.56 Å². The first-order valence-electron chi connectivity index (χ1n) is 9.17. The number of piperidine rings is 1. The minimum absolute atomic E-state index is 0.0290. The molecule has 1 aliphatic rings. The average molecular weight is 378 g/mol. The van der Waals surface area contributed by atoms with E-state index >= 15 is 0 Å². The summed E-state index contributed by atoms with van der Waals surface area (Å²) in [5.74, 6) is 0.637. The average Bonchev–Trinajstić information content (AvgIpc) is 2.91. The SMILES string of the molecule is Cc1c(C(=O)OCC(C)C)sc2nc(C)n(C3CCN(C)CC3)c(=O)c12. The molecule has 0 aromatic carbocycles. The first-order valence-corrected chi connectivity index (χ1v) is 9.99. The van der Waals surface area contributed by atoms with Gasteiger partial charge in [0.15, 0.2) is 0 Å². The van der Waals surface area contributed by atoms with E-state index in [1.807, 2.05) is 32.3 Å². The van der Waals surface area contributed by atoms with Crippen molar-refractivity contribution >= 4 is 27.5 Å². The van der Waals surface area contributed by atoms with Crippen LogP contribution in [0.5, 0.6) is 0 Å². The third kappa shape index (κ3) is 3.55. The number of aryl methyl sites for hydroxylation is 2. The molecule has 0 bridgehead atoms. The standard InChI is InChI=1S/C19H27N3O3S/c1-11(2)10-25-19(24)16-12(3)15-17(26-16)20-13(4)22(18(15)23)14-6-8-21(5)9-7-14/h11,14H,6-10H2,1-5H3. The fourth-order valence-corrected chi connectivity index (χ4v) is 4.59. The third-order valence-electron chi connectivity index (χ3n) is 4.96. The lowest BCUT2D eigenvalue weighted by Crippen LogP contribution is -2.36. The lowest BCUT2D eigenvalue weighted by atomic mass is 10.0. The number of hydrogen-bond donors (Lipinski definition) is 0. The molecule has 0 amide bonds. The molecule has 0 N–H and O–H groups in total. The van der Waals surface area contributed by atoms with Crippen LogP contribution < -0.4 is 5.56 Å².